The largest absolute Gasteiger partial charge is 0.388 e. The minimum absolute atomic E-state index is 0.0801. The molecule has 2 aliphatic heterocycles. The third-order valence-corrected chi connectivity index (χ3v) is 4.87. The number of imide groups is 1. The Hall–Kier alpha value is -2.69. The predicted molar refractivity (Wildman–Crippen MR) is 90.7 cm³/mol. The van der Waals surface area contributed by atoms with Crippen LogP contribution in [0.5, 0.6) is 0 Å². The van der Waals surface area contributed by atoms with Crippen LogP contribution >= 0.6 is 11.8 Å². The molecule has 0 spiro atoms. The van der Waals surface area contributed by atoms with Crippen LogP contribution in [0.25, 0.3) is 0 Å². The molecule has 1 saturated heterocycles. The van der Waals surface area contributed by atoms with Crippen molar-refractivity contribution < 1.29 is 23.5 Å². The molecule has 2 aliphatic rings. The number of rotatable bonds is 3. The first-order chi connectivity index (χ1) is 11.8. The van der Waals surface area contributed by atoms with Crippen molar-refractivity contribution in [3.63, 3.8) is 0 Å². The first-order valence-electron chi connectivity index (χ1n) is 7.39. The molecular formula is C14H17N6O4S+. The lowest BCUT2D eigenvalue weighted by atomic mass is 10.2. The number of anilines is 1. The summed E-state index contributed by atoms with van der Waals surface area (Å²) < 4.78 is 6.54. The van der Waals surface area contributed by atoms with Gasteiger partial charge in [0.2, 0.25) is 5.91 Å². The lowest BCUT2D eigenvalue weighted by molar-refractivity contribution is -0.367. The summed E-state index contributed by atoms with van der Waals surface area (Å²) in [5, 5.41) is 6.80. The van der Waals surface area contributed by atoms with Crippen molar-refractivity contribution in [3.05, 3.63) is 11.8 Å². The molecule has 0 bridgehead atoms. The van der Waals surface area contributed by atoms with Gasteiger partial charge in [-0.1, -0.05) is 5.16 Å². The number of carbonyl (C=O) groups excluding carboxylic acids is 3. The summed E-state index contributed by atoms with van der Waals surface area (Å²) in [6.45, 7) is 1.73. The van der Waals surface area contributed by atoms with E-state index in [0.717, 1.165) is 4.90 Å². The maximum Gasteiger partial charge on any atom is 0.388 e. The maximum absolute atomic E-state index is 12.3. The van der Waals surface area contributed by atoms with Crippen LogP contribution in [0.15, 0.2) is 15.6 Å². The highest BCUT2D eigenvalue weighted by atomic mass is 32.2. The number of aliphatic imine (C=N–C) groups is 1. The Labute approximate surface area is 147 Å². The van der Waals surface area contributed by atoms with Gasteiger partial charge in [-0.2, -0.15) is 0 Å². The molecule has 1 aromatic heterocycles. The van der Waals surface area contributed by atoms with Crippen LogP contribution < -0.4 is 5.32 Å². The third-order valence-electron chi connectivity index (χ3n) is 3.82. The van der Waals surface area contributed by atoms with E-state index in [9.17, 15) is 14.4 Å². The Morgan fingerprint density at radius 2 is 2.12 bits per heavy atom. The molecule has 1 N–H and O–H groups in total. The van der Waals surface area contributed by atoms with Gasteiger partial charge in [0.1, 0.15) is 5.76 Å². The normalized spacial score (nSPS) is 20.2. The highest BCUT2D eigenvalue weighted by molar-refractivity contribution is 8.14. The number of hydrogen-bond acceptors (Lipinski definition) is 7. The van der Waals surface area contributed by atoms with E-state index in [1.807, 2.05) is 0 Å². The van der Waals surface area contributed by atoms with Gasteiger partial charge in [0.25, 0.3) is 23.0 Å². The van der Waals surface area contributed by atoms with Crippen LogP contribution in [-0.4, -0.2) is 81.3 Å². The number of aryl methyl sites for hydroxylation is 1. The molecule has 0 radical (unpaired) electrons. The second-order valence-electron chi connectivity index (χ2n) is 5.63. The fourth-order valence-corrected chi connectivity index (χ4v) is 3.38. The summed E-state index contributed by atoms with van der Waals surface area (Å²) in [4.78, 5) is 43.1. The number of urea groups is 1. The second-order valence-corrected chi connectivity index (χ2v) is 6.57. The zero-order valence-electron chi connectivity index (χ0n) is 14.1. The molecule has 1 fully saturated rings. The molecule has 11 heteroatoms. The fourth-order valence-electron chi connectivity index (χ4n) is 2.58. The molecule has 0 aliphatic carbocycles. The van der Waals surface area contributed by atoms with Gasteiger partial charge in [0.15, 0.2) is 5.82 Å². The lowest BCUT2D eigenvalue weighted by Crippen LogP contribution is -2.59. The highest BCUT2D eigenvalue weighted by Gasteiger charge is 2.51. The average Bonchev–Trinajstić information content (AvgIpc) is 3.12. The van der Waals surface area contributed by atoms with Crippen LogP contribution in [0.4, 0.5) is 10.6 Å². The van der Waals surface area contributed by atoms with Gasteiger partial charge in [0.05, 0.1) is 19.8 Å². The zero-order chi connectivity index (χ0) is 18.3. The molecule has 0 saturated carbocycles. The van der Waals surface area contributed by atoms with Crippen LogP contribution in [0.1, 0.15) is 5.76 Å². The molecule has 3 rings (SSSR count). The van der Waals surface area contributed by atoms with Crippen LogP contribution in [-0.2, 0) is 9.59 Å². The van der Waals surface area contributed by atoms with Crippen LogP contribution in [0.3, 0.4) is 0 Å². The second kappa shape index (κ2) is 6.31. The Balaban J connectivity index is 1.69. The number of amides is 4. The first kappa shape index (κ1) is 17.1. The van der Waals surface area contributed by atoms with Crippen molar-refractivity contribution in [1.29, 1.82) is 0 Å². The van der Waals surface area contributed by atoms with E-state index in [1.165, 1.54) is 23.7 Å². The number of amidine groups is 2. The summed E-state index contributed by atoms with van der Waals surface area (Å²) in [5.74, 6) is 0.846. The monoisotopic (exact) mass is 365 g/mol. The summed E-state index contributed by atoms with van der Waals surface area (Å²) in [6, 6.07) is 0.437. The predicted octanol–water partition coefficient (Wildman–Crippen LogP) is -0.0425. The van der Waals surface area contributed by atoms with E-state index < -0.39 is 12.1 Å². The average molecular weight is 365 g/mol. The van der Waals surface area contributed by atoms with Gasteiger partial charge < -0.3 is 9.84 Å². The van der Waals surface area contributed by atoms with Gasteiger partial charge >= 0.3 is 6.03 Å². The molecular weight excluding hydrogens is 348 g/mol. The SMILES string of the molecule is Cc1cc(NC(=O)CSC2=NC3C(=O)N(C)C(=O)N(C)C3=[N+]2C)no1. The smallest absolute Gasteiger partial charge is 0.360 e. The summed E-state index contributed by atoms with van der Waals surface area (Å²) >= 11 is 1.17. The summed E-state index contributed by atoms with van der Waals surface area (Å²) in [6.07, 6.45) is 0. The number of likely N-dealkylation sites (N-methyl/N-ethyl adjacent to an activating group) is 2. The van der Waals surface area contributed by atoms with E-state index in [1.54, 1.807) is 31.7 Å². The summed E-state index contributed by atoms with van der Waals surface area (Å²) in [5.41, 5.74) is 0. The highest BCUT2D eigenvalue weighted by Crippen LogP contribution is 2.22. The third kappa shape index (κ3) is 3.02. The van der Waals surface area contributed by atoms with Crippen molar-refractivity contribution >= 4 is 46.4 Å². The molecule has 25 heavy (non-hydrogen) atoms. The molecule has 4 amide bonds. The molecule has 1 aromatic rings. The minimum Gasteiger partial charge on any atom is -0.360 e. The number of thioether (sulfide) groups is 1. The Kier molecular flexibility index (Phi) is 4.33. The Bertz CT molecular complexity index is 829. The lowest BCUT2D eigenvalue weighted by Gasteiger charge is -2.27. The van der Waals surface area contributed by atoms with E-state index in [2.05, 4.69) is 15.5 Å². The number of nitrogens with zero attached hydrogens (tertiary/aromatic N) is 5. The first-order valence-corrected chi connectivity index (χ1v) is 8.37. The van der Waals surface area contributed by atoms with Gasteiger partial charge in [-0.3, -0.25) is 14.5 Å². The van der Waals surface area contributed by atoms with Gasteiger partial charge in [-0.15, -0.1) is 4.99 Å². The molecule has 1 atom stereocenters. The maximum atomic E-state index is 12.3. The number of aromatic nitrogens is 1. The standard InChI is InChI=1S/C14H16N6O4S/c1-7-5-8(17-24-7)15-9(21)6-25-13-16-10-11(18(13)2)19(3)14(23)20(4)12(10)22/h5,10H,6H2,1-4H3/p+1. The topological polar surface area (TPSA) is 111 Å². The van der Waals surface area contributed by atoms with E-state index in [0.29, 0.717) is 22.6 Å². The minimum atomic E-state index is -0.763. The number of nitrogens with one attached hydrogen (secondary N) is 1. The molecule has 132 valence electrons. The van der Waals surface area contributed by atoms with Crippen LogP contribution in [0, 0.1) is 6.92 Å². The summed E-state index contributed by atoms with van der Waals surface area (Å²) in [7, 11) is 4.72. The van der Waals surface area contributed by atoms with E-state index >= 15 is 0 Å². The van der Waals surface area contributed by atoms with Crippen molar-refractivity contribution in [3.8, 4) is 0 Å². The van der Waals surface area contributed by atoms with Crippen molar-refractivity contribution in [2.45, 2.75) is 13.0 Å². The van der Waals surface area contributed by atoms with Crippen LogP contribution in [0.2, 0.25) is 0 Å². The number of carbonyl (C=O) groups is 3. The molecule has 0 aromatic carbocycles. The van der Waals surface area contributed by atoms with E-state index in [-0.39, 0.29) is 17.6 Å². The Morgan fingerprint density at radius 1 is 1.40 bits per heavy atom. The Morgan fingerprint density at radius 3 is 2.76 bits per heavy atom. The van der Waals surface area contributed by atoms with E-state index in [4.69, 9.17) is 4.52 Å². The molecule has 10 nitrogen and oxygen atoms in total. The number of fused-ring (bicyclic) bond motifs is 1. The van der Waals surface area contributed by atoms with Crippen molar-refractivity contribution in [2.24, 2.45) is 4.99 Å². The molecule has 1 unspecified atom stereocenters. The van der Waals surface area contributed by atoms with Crippen molar-refractivity contribution in [2.75, 3.05) is 32.2 Å². The van der Waals surface area contributed by atoms with Gasteiger partial charge in [0, 0.05) is 13.1 Å². The van der Waals surface area contributed by atoms with Gasteiger partial charge in [-0.25, -0.2) is 14.3 Å². The number of hydrogen-bond donors (Lipinski definition) is 1. The quantitative estimate of drug-likeness (QED) is 0.752. The van der Waals surface area contributed by atoms with Crippen molar-refractivity contribution in [1.82, 2.24) is 15.0 Å². The molecule has 3 heterocycles. The fraction of sp³-hybridized carbons (Fsp3) is 0.429. The zero-order valence-corrected chi connectivity index (χ0v) is 15.0. The van der Waals surface area contributed by atoms with Gasteiger partial charge in [-0.05, 0) is 18.7 Å².